The number of pyridine rings is 2. The highest BCUT2D eigenvalue weighted by Crippen LogP contribution is 2.34. The molecule has 0 saturated carbocycles. The highest BCUT2D eigenvalue weighted by molar-refractivity contribution is 7.17. The largest absolute Gasteiger partial charge is 0.490 e. The molecule has 0 unspecified atom stereocenters. The van der Waals surface area contributed by atoms with Crippen LogP contribution in [0.25, 0.3) is 21.5 Å². The van der Waals surface area contributed by atoms with Crippen LogP contribution in [0.4, 0.5) is 8.78 Å². The van der Waals surface area contributed by atoms with Gasteiger partial charge >= 0.3 is 0 Å². The van der Waals surface area contributed by atoms with Gasteiger partial charge in [0.1, 0.15) is 18.1 Å². The maximum atomic E-state index is 13.6. The molecule has 1 atom stereocenters. The molecule has 0 saturated heterocycles. The maximum absolute atomic E-state index is 13.6. The van der Waals surface area contributed by atoms with E-state index in [0.717, 1.165) is 22.2 Å². The molecule has 0 aliphatic heterocycles. The number of hydrogen-bond acceptors (Lipinski definition) is 5. The van der Waals surface area contributed by atoms with E-state index in [1.54, 1.807) is 24.4 Å². The van der Waals surface area contributed by atoms with Crippen LogP contribution in [0.1, 0.15) is 39.3 Å². The highest BCUT2D eigenvalue weighted by Gasteiger charge is 2.24. The van der Waals surface area contributed by atoms with Gasteiger partial charge in [-0.3, -0.25) is 4.98 Å². The van der Waals surface area contributed by atoms with Crippen molar-refractivity contribution in [2.24, 2.45) is 11.7 Å². The van der Waals surface area contributed by atoms with E-state index < -0.39 is 12.0 Å². The number of nitrogens with zero attached hydrogens (tertiary/aromatic N) is 2. The second kappa shape index (κ2) is 7.86. The Labute approximate surface area is 161 Å². The van der Waals surface area contributed by atoms with Gasteiger partial charge in [0.2, 0.25) is 0 Å². The molecule has 0 aliphatic carbocycles. The van der Waals surface area contributed by atoms with Gasteiger partial charge in [-0.1, -0.05) is 13.8 Å². The second-order valence-electron chi connectivity index (χ2n) is 7.41. The minimum atomic E-state index is -2.74. The second-order valence-corrected chi connectivity index (χ2v) is 8.33. The Bertz CT molecular complexity index is 924. The number of ether oxygens (including phenoxy) is 1. The van der Waals surface area contributed by atoms with Crippen LogP contribution >= 0.6 is 11.3 Å². The summed E-state index contributed by atoms with van der Waals surface area (Å²) in [5, 5.41) is 1.92. The summed E-state index contributed by atoms with van der Waals surface area (Å²) in [5.74, 6) is 0.462. The quantitative estimate of drug-likeness (QED) is 0.583. The number of aromatic nitrogens is 2. The Kier molecular flexibility index (Phi) is 5.72. The van der Waals surface area contributed by atoms with Gasteiger partial charge in [0.15, 0.2) is 0 Å². The van der Waals surface area contributed by atoms with E-state index in [4.69, 9.17) is 10.5 Å². The first-order valence-corrected chi connectivity index (χ1v) is 9.68. The normalized spacial score (nSPS) is 14.1. The van der Waals surface area contributed by atoms with Gasteiger partial charge in [-0.25, -0.2) is 13.8 Å². The third-order valence-corrected chi connectivity index (χ3v) is 5.08. The van der Waals surface area contributed by atoms with Crippen LogP contribution in [0.15, 0.2) is 35.8 Å². The minimum absolute atomic E-state index is 0.0747. The molecule has 144 valence electrons. The van der Waals surface area contributed by atoms with E-state index in [9.17, 15) is 8.78 Å². The van der Waals surface area contributed by atoms with Crippen molar-refractivity contribution in [2.75, 3.05) is 6.61 Å². The molecule has 0 aromatic carbocycles. The van der Waals surface area contributed by atoms with Crippen LogP contribution in [0, 0.1) is 5.92 Å². The molecular weight excluding hydrogens is 368 g/mol. The van der Waals surface area contributed by atoms with Crippen LogP contribution in [0.5, 0.6) is 5.75 Å². The average molecular weight is 391 g/mol. The van der Waals surface area contributed by atoms with Gasteiger partial charge in [0.25, 0.3) is 6.43 Å². The summed E-state index contributed by atoms with van der Waals surface area (Å²) in [6.45, 7) is 6.13. The Morgan fingerprint density at radius 1 is 1.22 bits per heavy atom. The number of thiophene rings is 1. The van der Waals surface area contributed by atoms with Crippen molar-refractivity contribution in [1.82, 2.24) is 9.97 Å². The summed E-state index contributed by atoms with van der Waals surface area (Å²) in [4.78, 5) is 8.48. The molecule has 0 fully saturated rings. The van der Waals surface area contributed by atoms with Crippen molar-refractivity contribution in [2.45, 2.75) is 39.2 Å². The molecule has 0 bridgehead atoms. The zero-order valence-corrected chi connectivity index (χ0v) is 16.4. The molecule has 0 amide bonds. The van der Waals surface area contributed by atoms with Crippen molar-refractivity contribution in [3.63, 3.8) is 0 Å². The smallest absolute Gasteiger partial charge is 0.284 e. The molecular formula is C20H23F2N3OS. The first kappa shape index (κ1) is 19.6. The summed E-state index contributed by atoms with van der Waals surface area (Å²) in [5.41, 5.74) is 7.35. The molecule has 3 aromatic heterocycles. The molecule has 3 aromatic rings. The third-order valence-electron chi connectivity index (χ3n) is 4.14. The standard InChI is InChI=1S/C20H23F2N3OS/c1-12(2)10-20(3,23)11-26-16-5-4-14(25-17(16)19(21)22)13-6-8-24-15-7-9-27-18(13)15/h4-9,12,19H,10-11,23H2,1-3H3/t20-/m0/s1. The van der Waals surface area contributed by atoms with Gasteiger partial charge in [-0.2, -0.15) is 0 Å². The minimum Gasteiger partial charge on any atom is -0.490 e. The lowest BCUT2D eigenvalue weighted by Gasteiger charge is -2.27. The summed E-state index contributed by atoms with van der Waals surface area (Å²) >= 11 is 1.51. The van der Waals surface area contributed by atoms with E-state index >= 15 is 0 Å². The SMILES string of the molecule is CC(C)C[C@](C)(N)COc1ccc(-c2ccnc3ccsc23)nc1C(F)F. The van der Waals surface area contributed by atoms with Crippen LogP contribution in [-0.2, 0) is 0 Å². The van der Waals surface area contributed by atoms with Crippen molar-refractivity contribution in [3.8, 4) is 17.0 Å². The van der Waals surface area contributed by atoms with Gasteiger partial charge in [-0.05, 0) is 48.9 Å². The lowest BCUT2D eigenvalue weighted by molar-refractivity contribution is 0.134. The maximum Gasteiger partial charge on any atom is 0.284 e. The third kappa shape index (κ3) is 4.59. The predicted octanol–water partition coefficient (Wildman–Crippen LogP) is 5.44. The van der Waals surface area contributed by atoms with Crippen molar-refractivity contribution >= 4 is 21.6 Å². The van der Waals surface area contributed by atoms with Gasteiger partial charge in [0, 0.05) is 17.3 Å². The number of rotatable bonds is 7. The molecule has 0 radical (unpaired) electrons. The molecule has 4 nitrogen and oxygen atoms in total. The first-order chi connectivity index (χ1) is 12.8. The first-order valence-electron chi connectivity index (χ1n) is 8.80. The predicted molar refractivity (Wildman–Crippen MR) is 105 cm³/mol. The van der Waals surface area contributed by atoms with E-state index in [1.165, 1.54) is 11.3 Å². The number of nitrogens with two attached hydrogens (primary N) is 1. The van der Waals surface area contributed by atoms with Gasteiger partial charge in [-0.15, -0.1) is 11.3 Å². The number of alkyl halides is 2. The van der Waals surface area contributed by atoms with E-state index in [2.05, 4.69) is 23.8 Å². The summed E-state index contributed by atoms with van der Waals surface area (Å²) in [6.07, 6.45) is -0.352. The molecule has 0 aliphatic rings. The van der Waals surface area contributed by atoms with Gasteiger partial charge in [0.05, 0.1) is 15.9 Å². The van der Waals surface area contributed by atoms with Crippen LogP contribution in [-0.4, -0.2) is 22.1 Å². The monoisotopic (exact) mass is 391 g/mol. The lowest BCUT2D eigenvalue weighted by atomic mass is 9.93. The van der Waals surface area contributed by atoms with Crippen LogP contribution < -0.4 is 10.5 Å². The summed E-state index contributed by atoms with van der Waals surface area (Å²) < 4.78 is 33.8. The van der Waals surface area contributed by atoms with Crippen molar-refractivity contribution < 1.29 is 13.5 Å². The van der Waals surface area contributed by atoms with E-state index in [-0.39, 0.29) is 18.1 Å². The van der Waals surface area contributed by atoms with E-state index in [0.29, 0.717) is 11.6 Å². The molecule has 3 rings (SSSR count). The van der Waals surface area contributed by atoms with Crippen LogP contribution in [0.3, 0.4) is 0 Å². The van der Waals surface area contributed by atoms with Crippen LogP contribution in [0.2, 0.25) is 0 Å². The molecule has 27 heavy (non-hydrogen) atoms. The zero-order chi connectivity index (χ0) is 19.6. The Morgan fingerprint density at radius 2 is 2.00 bits per heavy atom. The number of hydrogen-bond donors (Lipinski definition) is 1. The van der Waals surface area contributed by atoms with E-state index in [1.807, 2.05) is 18.4 Å². The van der Waals surface area contributed by atoms with Crippen molar-refractivity contribution in [3.05, 3.63) is 41.5 Å². The molecule has 0 spiro atoms. The zero-order valence-electron chi connectivity index (χ0n) is 15.6. The summed E-state index contributed by atoms with van der Waals surface area (Å²) in [7, 11) is 0. The fourth-order valence-electron chi connectivity index (χ4n) is 3.20. The lowest BCUT2D eigenvalue weighted by Crippen LogP contribution is -2.43. The average Bonchev–Trinajstić information content (AvgIpc) is 3.07. The fourth-order valence-corrected chi connectivity index (χ4v) is 4.07. The Morgan fingerprint density at radius 3 is 2.70 bits per heavy atom. The van der Waals surface area contributed by atoms with Crippen molar-refractivity contribution in [1.29, 1.82) is 0 Å². The highest BCUT2D eigenvalue weighted by atomic mass is 32.1. The Balaban J connectivity index is 1.91. The number of fused-ring (bicyclic) bond motifs is 1. The number of halogens is 2. The summed E-state index contributed by atoms with van der Waals surface area (Å²) in [6, 6.07) is 6.93. The fraction of sp³-hybridized carbons (Fsp3) is 0.400. The molecule has 7 heteroatoms. The topological polar surface area (TPSA) is 61.0 Å². The molecule has 3 heterocycles. The van der Waals surface area contributed by atoms with Gasteiger partial charge < -0.3 is 10.5 Å². The Hall–Kier alpha value is -2.12. The molecule has 2 N–H and O–H groups in total.